The molecule has 0 bridgehead atoms. The standard InChI is InChI=1S/C17H25NO.ClH/c1-3-6-16(13-18-11-4-5-12-18)17(19)15-9-7-14(2)8-10-15;/h7-10,16H,3-6,11-13H2,1-2H3;1H. The van der Waals surface area contributed by atoms with Gasteiger partial charge in [-0.05, 0) is 39.3 Å². The Kier molecular flexibility index (Phi) is 7.25. The zero-order chi connectivity index (χ0) is 13.7. The highest BCUT2D eigenvalue weighted by atomic mass is 35.5. The minimum Gasteiger partial charge on any atom is -0.303 e. The number of benzene rings is 1. The minimum atomic E-state index is 0. The van der Waals surface area contributed by atoms with Crippen LogP contribution in [0.25, 0.3) is 0 Å². The lowest BCUT2D eigenvalue weighted by Crippen LogP contribution is -2.31. The van der Waals surface area contributed by atoms with Gasteiger partial charge < -0.3 is 4.90 Å². The third-order valence-electron chi connectivity index (χ3n) is 4.02. The molecule has 1 aliphatic heterocycles. The van der Waals surface area contributed by atoms with E-state index in [9.17, 15) is 4.79 Å². The van der Waals surface area contributed by atoms with E-state index in [1.807, 2.05) is 24.3 Å². The molecule has 0 saturated carbocycles. The summed E-state index contributed by atoms with van der Waals surface area (Å²) in [7, 11) is 0. The van der Waals surface area contributed by atoms with E-state index in [4.69, 9.17) is 0 Å². The summed E-state index contributed by atoms with van der Waals surface area (Å²) in [5.41, 5.74) is 2.09. The topological polar surface area (TPSA) is 20.3 Å². The molecule has 2 nitrogen and oxygen atoms in total. The summed E-state index contributed by atoms with van der Waals surface area (Å²) in [5.74, 6) is 0.500. The Bertz CT molecular complexity index is 410. The monoisotopic (exact) mass is 295 g/mol. The molecule has 0 amide bonds. The maximum absolute atomic E-state index is 12.6. The summed E-state index contributed by atoms with van der Waals surface area (Å²) in [6.45, 7) is 7.50. The van der Waals surface area contributed by atoms with Gasteiger partial charge in [-0.1, -0.05) is 43.2 Å². The molecule has 2 rings (SSSR count). The maximum atomic E-state index is 12.6. The highest BCUT2D eigenvalue weighted by molar-refractivity contribution is 5.98. The van der Waals surface area contributed by atoms with E-state index >= 15 is 0 Å². The predicted octanol–water partition coefficient (Wildman–Crippen LogP) is 4.11. The van der Waals surface area contributed by atoms with Crippen LogP contribution in [0.3, 0.4) is 0 Å². The lowest BCUT2D eigenvalue weighted by molar-refractivity contribution is 0.0880. The second kappa shape index (κ2) is 8.43. The fourth-order valence-corrected chi connectivity index (χ4v) is 2.88. The van der Waals surface area contributed by atoms with Crippen molar-refractivity contribution < 1.29 is 4.79 Å². The van der Waals surface area contributed by atoms with Gasteiger partial charge in [-0.2, -0.15) is 0 Å². The maximum Gasteiger partial charge on any atom is 0.167 e. The first-order valence-electron chi connectivity index (χ1n) is 7.54. The van der Waals surface area contributed by atoms with Crippen LogP contribution in [0, 0.1) is 12.8 Å². The number of nitrogens with zero attached hydrogens (tertiary/aromatic N) is 1. The van der Waals surface area contributed by atoms with Gasteiger partial charge in [0.1, 0.15) is 0 Å². The summed E-state index contributed by atoms with van der Waals surface area (Å²) >= 11 is 0. The van der Waals surface area contributed by atoms with Crippen LogP contribution < -0.4 is 0 Å². The number of carbonyl (C=O) groups is 1. The third-order valence-corrected chi connectivity index (χ3v) is 4.02. The van der Waals surface area contributed by atoms with Crippen molar-refractivity contribution in [2.75, 3.05) is 19.6 Å². The number of Topliss-reactive ketones (excluding diaryl/α,β-unsaturated/α-hetero) is 1. The molecule has 0 radical (unpaired) electrons. The molecule has 1 aromatic rings. The van der Waals surface area contributed by atoms with Gasteiger partial charge in [-0.3, -0.25) is 4.79 Å². The summed E-state index contributed by atoms with van der Waals surface area (Å²) in [4.78, 5) is 15.1. The number of carbonyl (C=O) groups excluding carboxylic acids is 1. The van der Waals surface area contributed by atoms with Crippen molar-refractivity contribution >= 4 is 18.2 Å². The average Bonchev–Trinajstić information content (AvgIpc) is 2.91. The number of likely N-dealkylation sites (tertiary alicyclic amines) is 1. The van der Waals surface area contributed by atoms with Crippen LogP contribution in [0.15, 0.2) is 24.3 Å². The van der Waals surface area contributed by atoms with Gasteiger partial charge in [-0.15, -0.1) is 12.4 Å². The van der Waals surface area contributed by atoms with Crippen molar-refractivity contribution in [2.45, 2.75) is 39.5 Å². The molecule has 1 unspecified atom stereocenters. The molecule has 1 fully saturated rings. The Morgan fingerprint density at radius 1 is 1.20 bits per heavy atom. The number of halogens is 1. The molecular weight excluding hydrogens is 270 g/mol. The van der Waals surface area contributed by atoms with Crippen LogP contribution in [0.4, 0.5) is 0 Å². The Labute approximate surface area is 129 Å². The Morgan fingerprint density at radius 3 is 2.35 bits per heavy atom. The number of hydrogen-bond donors (Lipinski definition) is 0. The van der Waals surface area contributed by atoms with E-state index in [0.717, 1.165) is 24.9 Å². The molecule has 1 saturated heterocycles. The van der Waals surface area contributed by atoms with E-state index in [-0.39, 0.29) is 18.3 Å². The fraction of sp³-hybridized carbons (Fsp3) is 0.588. The third kappa shape index (κ3) is 4.60. The fourth-order valence-electron chi connectivity index (χ4n) is 2.88. The SMILES string of the molecule is CCCC(CN1CCCC1)C(=O)c1ccc(C)cc1.Cl. The summed E-state index contributed by atoms with van der Waals surface area (Å²) in [5, 5.41) is 0. The largest absolute Gasteiger partial charge is 0.303 e. The van der Waals surface area contributed by atoms with E-state index < -0.39 is 0 Å². The van der Waals surface area contributed by atoms with Crippen LogP contribution in [0.2, 0.25) is 0 Å². The highest BCUT2D eigenvalue weighted by Crippen LogP contribution is 2.19. The summed E-state index contributed by atoms with van der Waals surface area (Å²) < 4.78 is 0. The summed E-state index contributed by atoms with van der Waals surface area (Å²) in [6, 6.07) is 8.02. The first-order valence-corrected chi connectivity index (χ1v) is 7.54. The molecule has 0 spiro atoms. The molecule has 112 valence electrons. The van der Waals surface area contributed by atoms with Crippen molar-refractivity contribution in [3.05, 3.63) is 35.4 Å². The van der Waals surface area contributed by atoms with E-state index in [1.54, 1.807) is 0 Å². The first kappa shape index (κ1) is 17.2. The van der Waals surface area contributed by atoms with Crippen LogP contribution in [0.5, 0.6) is 0 Å². The lowest BCUT2D eigenvalue weighted by Gasteiger charge is -2.22. The molecule has 1 aromatic carbocycles. The Balaban J connectivity index is 0.00000200. The number of rotatable bonds is 6. The second-order valence-electron chi connectivity index (χ2n) is 5.72. The van der Waals surface area contributed by atoms with Gasteiger partial charge in [-0.25, -0.2) is 0 Å². The van der Waals surface area contributed by atoms with Crippen molar-refractivity contribution in [1.29, 1.82) is 0 Å². The van der Waals surface area contributed by atoms with Crippen LogP contribution in [-0.4, -0.2) is 30.3 Å². The van der Waals surface area contributed by atoms with E-state index in [0.29, 0.717) is 5.78 Å². The number of aryl methyl sites for hydroxylation is 1. The van der Waals surface area contributed by atoms with Crippen molar-refractivity contribution in [2.24, 2.45) is 5.92 Å². The average molecular weight is 296 g/mol. The molecule has 1 heterocycles. The van der Waals surface area contributed by atoms with E-state index in [1.165, 1.54) is 31.5 Å². The van der Waals surface area contributed by atoms with Crippen LogP contribution in [-0.2, 0) is 0 Å². The minimum absolute atomic E-state index is 0. The van der Waals surface area contributed by atoms with Crippen molar-refractivity contribution in [3.63, 3.8) is 0 Å². The molecule has 1 aliphatic rings. The van der Waals surface area contributed by atoms with Crippen molar-refractivity contribution in [1.82, 2.24) is 4.90 Å². The zero-order valence-electron chi connectivity index (χ0n) is 12.6. The van der Waals surface area contributed by atoms with E-state index in [2.05, 4.69) is 18.7 Å². The van der Waals surface area contributed by atoms with Gasteiger partial charge in [0.2, 0.25) is 0 Å². The number of ketones is 1. The smallest absolute Gasteiger partial charge is 0.167 e. The van der Waals surface area contributed by atoms with Crippen LogP contribution >= 0.6 is 12.4 Å². The molecular formula is C17H26ClNO. The Hall–Kier alpha value is -0.860. The highest BCUT2D eigenvalue weighted by Gasteiger charge is 2.23. The molecule has 20 heavy (non-hydrogen) atoms. The quantitative estimate of drug-likeness (QED) is 0.736. The molecule has 3 heteroatoms. The van der Waals surface area contributed by atoms with Gasteiger partial charge in [0.15, 0.2) is 5.78 Å². The predicted molar refractivity (Wildman–Crippen MR) is 86.8 cm³/mol. The van der Waals surface area contributed by atoms with Gasteiger partial charge in [0, 0.05) is 18.0 Å². The lowest BCUT2D eigenvalue weighted by atomic mass is 9.92. The summed E-state index contributed by atoms with van der Waals surface area (Å²) in [6.07, 6.45) is 4.66. The van der Waals surface area contributed by atoms with Gasteiger partial charge in [0.25, 0.3) is 0 Å². The molecule has 0 aliphatic carbocycles. The normalized spacial score (nSPS) is 16.7. The first-order chi connectivity index (χ1) is 9.20. The van der Waals surface area contributed by atoms with Crippen LogP contribution in [0.1, 0.15) is 48.5 Å². The molecule has 0 N–H and O–H groups in total. The molecule has 0 aromatic heterocycles. The van der Waals surface area contributed by atoms with Crippen molar-refractivity contribution in [3.8, 4) is 0 Å². The second-order valence-corrected chi connectivity index (χ2v) is 5.72. The van der Waals surface area contributed by atoms with Gasteiger partial charge in [0.05, 0.1) is 0 Å². The van der Waals surface area contributed by atoms with Gasteiger partial charge >= 0.3 is 0 Å². The Morgan fingerprint density at radius 2 is 1.80 bits per heavy atom. The number of hydrogen-bond acceptors (Lipinski definition) is 2. The zero-order valence-corrected chi connectivity index (χ0v) is 13.4. The molecule has 1 atom stereocenters.